The van der Waals surface area contributed by atoms with Gasteiger partial charge in [0.15, 0.2) is 5.78 Å². The molecule has 0 spiro atoms. The molecule has 2 rings (SSSR count). The molecule has 108 valence electrons. The topological polar surface area (TPSA) is 74.6 Å². The zero-order chi connectivity index (χ0) is 15.6. The van der Waals surface area contributed by atoms with E-state index >= 15 is 0 Å². The van der Waals surface area contributed by atoms with Gasteiger partial charge < -0.3 is 10.2 Å². The molecule has 2 aromatic rings. The number of phenolic OH excluding ortho intramolecular Hbond substituents is 1. The van der Waals surface area contributed by atoms with Crippen molar-refractivity contribution in [3.8, 4) is 5.75 Å². The number of phenols is 1. The highest BCUT2D eigenvalue weighted by molar-refractivity contribution is 6.11. The van der Waals surface area contributed by atoms with Crippen LogP contribution in [-0.2, 0) is 0 Å². The minimum absolute atomic E-state index is 0.0771. The van der Waals surface area contributed by atoms with Crippen molar-refractivity contribution in [1.82, 2.24) is 0 Å². The van der Waals surface area contributed by atoms with E-state index in [4.69, 9.17) is 5.11 Å². The van der Waals surface area contributed by atoms with Gasteiger partial charge in [-0.2, -0.15) is 0 Å². The largest absolute Gasteiger partial charge is 0.507 e. The van der Waals surface area contributed by atoms with E-state index < -0.39 is 5.97 Å². The van der Waals surface area contributed by atoms with E-state index in [2.05, 4.69) is 0 Å². The zero-order valence-corrected chi connectivity index (χ0v) is 11.8. The summed E-state index contributed by atoms with van der Waals surface area (Å²) >= 11 is 0. The second-order valence-electron chi connectivity index (χ2n) is 5.14. The smallest absolute Gasteiger partial charge is 0.335 e. The van der Waals surface area contributed by atoms with Crippen LogP contribution in [0.1, 0.15) is 51.6 Å². The van der Waals surface area contributed by atoms with Gasteiger partial charge in [0.1, 0.15) is 5.75 Å². The number of carbonyl (C=O) groups excluding carboxylic acids is 1. The number of hydrogen-bond acceptors (Lipinski definition) is 3. The molecule has 0 saturated carbocycles. The fourth-order valence-corrected chi connectivity index (χ4v) is 2.01. The molecule has 4 heteroatoms. The van der Waals surface area contributed by atoms with Crippen LogP contribution in [-0.4, -0.2) is 22.0 Å². The first-order valence-corrected chi connectivity index (χ1v) is 6.61. The summed E-state index contributed by atoms with van der Waals surface area (Å²) in [6, 6.07) is 10.6. The van der Waals surface area contributed by atoms with Crippen molar-refractivity contribution in [2.24, 2.45) is 0 Å². The molecule has 0 heterocycles. The first kappa shape index (κ1) is 14.8. The van der Waals surface area contributed by atoms with Crippen LogP contribution in [0.2, 0.25) is 0 Å². The van der Waals surface area contributed by atoms with Gasteiger partial charge in [0.2, 0.25) is 0 Å². The molecule has 2 N–H and O–H groups in total. The fourth-order valence-electron chi connectivity index (χ4n) is 2.01. The maximum atomic E-state index is 12.4. The van der Waals surface area contributed by atoms with E-state index in [1.807, 2.05) is 13.8 Å². The minimum atomic E-state index is -1.04. The fraction of sp³-hybridized carbons (Fsp3) is 0.176. The van der Waals surface area contributed by atoms with Crippen LogP contribution in [0.3, 0.4) is 0 Å². The Morgan fingerprint density at radius 2 is 1.52 bits per heavy atom. The van der Waals surface area contributed by atoms with Gasteiger partial charge in [-0.1, -0.05) is 32.0 Å². The number of benzene rings is 2. The summed E-state index contributed by atoms with van der Waals surface area (Å²) in [4.78, 5) is 23.2. The Morgan fingerprint density at radius 1 is 0.952 bits per heavy atom. The van der Waals surface area contributed by atoms with Crippen molar-refractivity contribution in [3.63, 3.8) is 0 Å². The lowest BCUT2D eigenvalue weighted by atomic mass is 9.95. The number of aromatic carboxylic acids is 1. The van der Waals surface area contributed by atoms with Crippen molar-refractivity contribution in [2.45, 2.75) is 19.8 Å². The molecule has 0 saturated heterocycles. The summed E-state index contributed by atoms with van der Waals surface area (Å²) in [6.07, 6.45) is 0. The summed E-state index contributed by atoms with van der Waals surface area (Å²) in [5.41, 5.74) is 1.64. The zero-order valence-electron chi connectivity index (χ0n) is 11.8. The first-order valence-electron chi connectivity index (χ1n) is 6.61. The highest BCUT2D eigenvalue weighted by Crippen LogP contribution is 2.25. The number of aromatic hydroxyl groups is 1. The van der Waals surface area contributed by atoms with Crippen LogP contribution < -0.4 is 0 Å². The van der Waals surface area contributed by atoms with Crippen LogP contribution in [0.15, 0.2) is 42.5 Å². The average Bonchev–Trinajstić information content (AvgIpc) is 2.47. The monoisotopic (exact) mass is 284 g/mol. The van der Waals surface area contributed by atoms with Gasteiger partial charge in [-0.3, -0.25) is 4.79 Å². The van der Waals surface area contributed by atoms with Crippen molar-refractivity contribution in [2.75, 3.05) is 0 Å². The van der Waals surface area contributed by atoms with Crippen LogP contribution in [0.5, 0.6) is 5.75 Å². The highest BCUT2D eigenvalue weighted by Gasteiger charge is 2.15. The Balaban J connectivity index is 2.39. The Kier molecular flexibility index (Phi) is 4.08. The molecule has 4 nitrogen and oxygen atoms in total. The molecule has 0 amide bonds. The van der Waals surface area contributed by atoms with Gasteiger partial charge in [0.05, 0.1) is 11.1 Å². The molecule has 21 heavy (non-hydrogen) atoms. The van der Waals surface area contributed by atoms with E-state index in [0.717, 1.165) is 5.56 Å². The van der Waals surface area contributed by atoms with Gasteiger partial charge in [0.25, 0.3) is 0 Å². The van der Waals surface area contributed by atoms with Crippen molar-refractivity contribution >= 4 is 11.8 Å². The second kappa shape index (κ2) is 5.79. The summed E-state index contributed by atoms with van der Waals surface area (Å²) in [5.74, 6) is -1.20. The van der Waals surface area contributed by atoms with Gasteiger partial charge in [-0.05, 0) is 35.7 Å². The predicted octanol–water partition coefficient (Wildman–Crippen LogP) is 3.44. The van der Waals surface area contributed by atoms with Crippen LogP contribution >= 0.6 is 0 Å². The molecular weight excluding hydrogens is 268 g/mol. The maximum absolute atomic E-state index is 12.4. The Bertz CT molecular complexity index is 684. The summed E-state index contributed by atoms with van der Waals surface area (Å²) in [5, 5.41) is 18.7. The van der Waals surface area contributed by atoms with Gasteiger partial charge >= 0.3 is 5.97 Å². The number of carboxylic acids is 1. The minimum Gasteiger partial charge on any atom is -0.507 e. The lowest BCUT2D eigenvalue weighted by Gasteiger charge is -2.10. The van der Waals surface area contributed by atoms with Gasteiger partial charge in [-0.15, -0.1) is 0 Å². The second-order valence-corrected chi connectivity index (χ2v) is 5.14. The highest BCUT2D eigenvalue weighted by atomic mass is 16.4. The molecule has 0 bridgehead atoms. The molecule has 0 atom stereocenters. The normalized spacial score (nSPS) is 10.6. The molecule has 0 aliphatic rings. The van der Waals surface area contributed by atoms with E-state index in [9.17, 15) is 14.7 Å². The predicted molar refractivity (Wildman–Crippen MR) is 79.0 cm³/mol. The third-order valence-electron chi connectivity index (χ3n) is 3.33. The summed E-state index contributed by atoms with van der Waals surface area (Å²) < 4.78 is 0. The number of ketones is 1. The third-order valence-corrected chi connectivity index (χ3v) is 3.33. The first-order chi connectivity index (χ1) is 9.90. The molecule has 0 aliphatic heterocycles. The van der Waals surface area contributed by atoms with Crippen LogP contribution in [0, 0.1) is 0 Å². The quantitative estimate of drug-likeness (QED) is 0.843. The standard InChI is InChI=1S/C17H16O4/c1-10(2)13-7-8-15(18)14(9-13)16(19)11-3-5-12(6-4-11)17(20)21/h3-10,18H,1-2H3,(H,20,21). The van der Waals surface area contributed by atoms with E-state index in [1.165, 1.54) is 30.3 Å². The van der Waals surface area contributed by atoms with Crippen LogP contribution in [0.25, 0.3) is 0 Å². The van der Waals surface area contributed by atoms with Crippen molar-refractivity contribution < 1.29 is 19.8 Å². The number of carbonyl (C=O) groups is 2. The number of carboxylic acid groups (broad SMARTS) is 1. The molecule has 0 unspecified atom stereocenters. The Hall–Kier alpha value is -2.62. The van der Waals surface area contributed by atoms with Crippen molar-refractivity contribution in [3.05, 3.63) is 64.7 Å². The number of hydrogen-bond donors (Lipinski definition) is 2. The molecule has 0 aliphatic carbocycles. The van der Waals surface area contributed by atoms with Gasteiger partial charge in [0, 0.05) is 5.56 Å². The molecule has 2 aromatic carbocycles. The third kappa shape index (κ3) is 3.11. The molecular formula is C17H16O4. The summed E-state index contributed by atoms with van der Waals surface area (Å²) in [7, 11) is 0. The van der Waals surface area contributed by atoms with E-state index in [0.29, 0.717) is 5.56 Å². The van der Waals surface area contributed by atoms with E-state index in [1.54, 1.807) is 12.1 Å². The number of rotatable bonds is 4. The average molecular weight is 284 g/mol. The van der Waals surface area contributed by atoms with Gasteiger partial charge in [-0.25, -0.2) is 4.79 Å². The molecule has 0 fully saturated rings. The molecule has 0 aromatic heterocycles. The lowest BCUT2D eigenvalue weighted by molar-refractivity contribution is 0.0696. The molecule has 0 radical (unpaired) electrons. The summed E-state index contributed by atoms with van der Waals surface area (Å²) in [6.45, 7) is 4.00. The van der Waals surface area contributed by atoms with Crippen LogP contribution in [0.4, 0.5) is 0 Å². The lowest BCUT2D eigenvalue weighted by Crippen LogP contribution is -2.04. The maximum Gasteiger partial charge on any atom is 0.335 e. The van der Waals surface area contributed by atoms with Crippen molar-refractivity contribution in [1.29, 1.82) is 0 Å². The Labute approximate surface area is 122 Å². The Morgan fingerprint density at radius 3 is 2.05 bits per heavy atom. The SMILES string of the molecule is CC(C)c1ccc(O)c(C(=O)c2ccc(C(=O)O)cc2)c1. The van der Waals surface area contributed by atoms with E-state index in [-0.39, 0.29) is 28.6 Å².